The van der Waals surface area contributed by atoms with Crippen LogP contribution in [0.3, 0.4) is 0 Å². The Hall–Kier alpha value is -1.10. The Morgan fingerprint density at radius 2 is 2.00 bits per heavy atom. The zero-order chi connectivity index (χ0) is 13.7. The molecule has 1 unspecified atom stereocenters. The van der Waals surface area contributed by atoms with Crippen molar-refractivity contribution in [1.29, 1.82) is 0 Å². The summed E-state index contributed by atoms with van der Waals surface area (Å²) in [6.07, 6.45) is 7.34. The van der Waals surface area contributed by atoms with Crippen LogP contribution in [0.25, 0.3) is 0 Å². The van der Waals surface area contributed by atoms with Crippen LogP contribution < -0.4 is 5.32 Å². The van der Waals surface area contributed by atoms with E-state index in [9.17, 15) is 9.59 Å². The molecule has 1 saturated carbocycles. The summed E-state index contributed by atoms with van der Waals surface area (Å²) in [5, 5.41) is 3.13. The van der Waals surface area contributed by atoms with Crippen molar-refractivity contribution in [2.75, 3.05) is 20.2 Å². The number of esters is 1. The van der Waals surface area contributed by atoms with Gasteiger partial charge in [0, 0.05) is 19.1 Å². The average molecular weight is 268 g/mol. The Kier molecular flexibility index (Phi) is 5.19. The number of rotatable bonds is 3. The van der Waals surface area contributed by atoms with Crippen molar-refractivity contribution in [2.24, 2.45) is 0 Å². The van der Waals surface area contributed by atoms with E-state index < -0.39 is 6.04 Å². The molecule has 1 N–H and O–H groups in total. The lowest BCUT2D eigenvalue weighted by Gasteiger charge is -2.38. The highest BCUT2D eigenvalue weighted by Gasteiger charge is 2.34. The first-order valence-corrected chi connectivity index (χ1v) is 7.33. The van der Waals surface area contributed by atoms with Crippen LogP contribution in [-0.4, -0.2) is 49.1 Å². The molecule has 0 bridgehead atoms. The monoisotopic (exact) mass is 268 g/mol. The smallest absolute Gasteiger partial charge is 0.307 e. The third-order valence-electron chi connectivity index (χ3n) is 4.19. The highest BCUT2D eigenvalue weighted by Crippen LogP contribution is 2.23. The lowest BCUT2D eigenvalue weighted by atomic mass is 10.0. The molecular formula is C14H24N2O3. The highest BCUT2D eigenvalue weighted by molar-refractivity contribution is 5.87. The van der Waals surface area contributed by atoms with Crippen LogP contribution >= 0.6 is 0 Å². The lowest BCUT2D eigenvalue weighted by Crippen LogP contribution is -2.58. The summed E-state index contributed by atoms with van der Waals surface area (Å²) in [6, 6.07) is -0.0262. The maximum atomic E-state index is 12.4. The normalized spacial score (nSPS) is 26.1. The molecule has 108 valence electrons. The van der Waals surface area contributed by atoms with Crippen LogP contribution in [0.2, 0.25) is 0 Å². The van der Waals surface area contributed by atoms with Gasteiger partial charge < -0.3 is 15.0 Å². The van der Waals surface area contributed by atoms with E-state index in [1.54, 1.807) is 0 Å². The van der Waals surface area contributed by atoms with Gasteiger partial charge in [-0.15, -0.1) is 0 Å². The SMILES string of the molecule is COC(=O)CC1NCCN(C2CCCCCC2)C1=O. The van der Waals surface area contributed by atoms with Crippen LogP contribution in [-0.2, 0) is 14.3 Å². The van der Waals surface area contributed by atoms with Gasteiger partial charge in [-0.2, -0.15) is 0 Å². The van der Waals surface area contributed by atoms with Crippen molar-refractivity contribution in [3.05, 3.63) is 0 Å². The molecule has 1 saturated heterocycles. The third-order valence-corrected chi connectivity index (χ3v) is 4.19. The summed E-state index contributed by atoms with van der Waals surface area (Å²) in [4.78, 5) is 25.8. The summed E-state index contributed by atoms with van der Waals surface area (Å²) in [5.41, 5.74) is 0. The topological polar surface area (TPSA) is 58.6 Å². The molecule has 0 aromatic rings. The van der Waals surface area contributed by atoms with Gasteiger partial charge in [0.15, 0.2) is 0 Å². The summed E-state index contributed by atoms with van der Waals surface area (Å²) in [6.45, 7) is 1.53. The minimum Gasteiger partial charge on any atom is -0.469 e. The lowest BCUT2D eigenvalue weighted by molar-refractivity contribution is -0.147. The van der Waals surface area contributed by atoms with Crippen molar-refractivity contribution in [1.82, 2.24) is 10.2 Å². The van der Waals surface area contributed by atoms with Gasteiger partial charge >= 0.3 is 5.97 Å². The number of ether oxygens (including phenoxy) is 1. The van der Waals surface area contributed by atoms with Crippen molar-refractivity contribution in [3.8, 4) is 0 Å². The first-order chi connectivity index (χ1) is 9.22. The van der Waals surface area contributed by atoms with Gasteiger partial charge in [0.2, 0.25) is 5.91 Å². The second kappa shape index (κ2) is 6.89. The third kappa shape index (κ3) is 3.69. The Morgan fingerprint density at radius 3 is 2.63 bits per heavy atom. The fourth-order valence-electron chi connectivity index (χ4n) is 3.10. The van der Waals surface area contributed by atoms with Gasteiger partial charge in [-0.1, -0.05) is 25.7 Å². The van der Waals surface area contributed by atoms with Crippen LogP contribution in [0, 0.1) is 0 Å². The van der Waals surface area contributed by atoms with Crippen LogP contribution in [0.5, 0.6) is 0 Å². The number of carbonyl (C=O) groups is 2. The Balaban J connectivity index is 1.96. The first kappa shape index (κ1) is 14.3. The standard InChI is InChI=1S/C14H24N2O3/c1-19-13(17)10-12-14(18)16(9-8-15-12)11-6-4-2-3-5-7-11/h11-12,15H,2-10H2,1H3. The van der Waals surface area contributed by atoms with E-state index in [-0.39, 0.29) is 18.3 Å². The summed E-state index contributed by atoms with van der Waals surface area (Å²) in [7, 11) is 1.36. The number of nitrogens with one attached hydrogen (secondary N) is 1. The number of hydrogen-bond acceptors (Lipinski definition) is 4. The molecular weight excluding hydrogens is 244 g/mol. The fourth-order valence-corrected chi connectivity index (χ4v) is 3.10. The molecule has 19 heavy (non-hydrogen) atoms. The first-order valence-electron chi connectivity index (χ1n) is 7.33. The quantitative estimate of drug-likeness (QED) is 0.614. The van der Waals surface area contributed by atoms with Crippen LogP contribution in [0.1, 0.15) is 44.9 Å². The summed E-state index contributed by atoms with van der Waals surface area (Å²) in [5.74, 6) is -0.253. The number of nitrogens with zero attached hydrogens (tertiary/aromatic N) is 1. The molecule has 2 fully saturated rings. The van der Waals surface area contributed by atoms with E-state index in [0.29, 0.717) is 6.04 Å². The molecule has 2 rings (SSSR count). The molecule has 0 spiro atoms. The Bertz CT molecular complexity index is 325. The predicted molar refractivity (Wildman–Crippen MR) is 71.6 cm³/mol. The minimum absolute atomic E-state index is 0.0727. The van der Waals surface area contributed by atoms with Gasteiger partial charge in [0.25, 0.3) is 0 Å². The zero-order valence-corrected chi connectivity index (χ0v) is 11.7. The molecule has 1 aliphatic heterocycles. The van der Waals surface area contributed by atoms with E-state index in [2.05, 4.69) is 10.1 Å². The van der Waals surface area contributed by atoms with Gasteiger partial charge in [0.1, 0.15) is 0 Å². The summed E-state index contributed by atoms with van der Waals surface area (Å²) >= 11 is 0. The van der Waals surface area contributed by atoms with E-state index in [1.165, 1.54) is 32.8 Å². The van der Waals surface area contributed by atoms with Gasteiger partial charge in [-0.25, -0.2) is 0 Å². The molecule has 5 heteroatoms. The molecule has 1 aliphatic carbocycles. The number of methoxy groups -OCH3 is 1. The molecule has 1 atom stereocenters. The number of hydrogen-bond donors (Lipinski definition) is 1. The van der Waals surface area contributed by atoms with Gasteiger partial charge in [0.05, 0.1) is 19.6 Å². The van der Waals surface area contributed by atoms with Crippen LogP contribution in [0.4, 0.5) is 0 Å². The van der Waals surface area contributed by atoms with E-state index in [4.69, 9.17) is 0 Å². The molecule has 2 aliphatic rings. The molecule has 5 nitrogen and oxygen atoms in total. The van der Waals surface area contributed by atoms with Crippen molar-refractivity contribution < 1.29 is 14.3 Å². The molecule has 1 amide bonds. The number of carbonyl (C=O) groups excluding carboxylic acids is 2. The number of piperazine rings is 1. The van der Waals surface area contributed by atoms with Gasteiger partial charge in [-0.05, 0) is 12.8 Å². The number of amides is 1. The summed E-state index contributed by atoms with van der Waals surface area (Å²) < 4.78 is 4.65. The highest BCUT2D eigenvalue weighted by atomic mass is 16.5. The van der Waals surface area contributed by atoms with Crippen molar-refractivity contribution in [2.45, 2.75) is 57.0 Å². The molecule has 0 aromatic carbocycles. The maximum absolute atomic E-state index is 12.4. The second-order valence-corrected chi connectivity index (χ2v) is 5.46. The Morgan fingerprint density at radius 1 is 1.32 bits per heavy atom. The second-order valence-electron chi connectivity index (χ2n) is 5.46. The minimum atomic E-state index is -0.399. The van der Waals surface area contributed by atoms with E-state index in [1.807, 2.05) is 4.90 Å². The molecule has 0 radical (unpaired) electrons. The van der Waals surface area contributed by atoms with Crippen molar-refractivity contribution in [3.63, 3.8) is 0 Å². The van der Waals surface area contributed by atoms with Crippen LogP contribution in [0.15, 0.2) is 0 Å². The Labute approximate surface area is 114 Å². The molecule has 0 aromatic heterocycles. The van der Waals surface area contributed by atoms with E-state index >= 15 is 0 Å². The zero-order valence-electron chi connectivity index (χ0n) is 11.7. The average Bonchev–Trinajstić information content (AvgIpc) is 2.70. The van der Waals surface area contributed by atoms with Gasteiger partial charge in [-0.3, -0.25) is 9.59 Å². The largest absolute Gasteiger partial charge is 0.469 e. The fraction of sp³-hybridized carbons (Fsp3) is 0.857. The van der Waals surface area contributed by atoms with E-state index in [0.717, 1.165) is 25.9 Å². The predicted octanol–water partition coefficient (Wildman–Crippen LogP) is 1.07. The van der Waals surface area contributed by atoms with Crippen molar-refractivity contribution >= 4 is 11.9 Å². The maximum Gasteiger partial charge on any atom is 0.307 e. The molecule has 1 heterocycles.